The Hall–Kier alpha value is -2.40. The van der Waals surface area contributed by atoms with E-state index >= 15 is 0 Å². The summed E-state index contributed by atoms with van der Waals surface area (Å²) in [6, 6.07) is 12.6. The van der Waals surface area contributed by atoms with E-state index in [9.17, 15) is 0 Å². The first-order chi connectivity index (χ1) is 10.7. The molecule has 0 spiro atoms. The molecule has 22 heavy (non-hydrogen) atoms. The molecule has 5 nitrogen and oxygen atoms in total. The molecule has 0 radical (unpaired) electrons. The average molecular weight is 295 g/mol. The Morgan fingerprint density at radius 1 is 1.14 bits per heavy atom. The molecule has 2 heterocycles. The fourth-order valence-electron chi connectivity index (χ4n) is 2.53. The van der Waals surface area contributed by atoms with Crippen molar-refractivity contribution < 1.29 is 0 Å². The van der Waals surface area contributed by atoms with Gasteiger partial charge in [-0.1, -0.05) is 30.3 Å². The van der Waals surface area contributed by atoms with Crippen molar-refractivity contribution in [2.45, 2.75) is 13.0 Å². The summed E-state index contributed by atoms with van der Waals surface area (Å²) in [5.41, 5.74) is 3.35. The number of aromatic amines is 1. The highest BCUT2D eigenvalue weighted by Crippen LogP contribution is 2.20. The minimum Gasteiger partial charge on any atom is -0.369 e. The maximum atomic E-state index is 4.37. The minimum atomic E-state index is 0.852. The number of anilines is 1. The molecule has 0 aliphatic rings. The van der Waals surface area contributed by atoms with Crippen LogP contribution in [0.5, 0.6) is 0 Å². The van der Waals surface area contributed by atoms with Gasteiger partial charge in [-0.05, 0) is 32.1 Å². The number of benzene rings is 1. The van der Waals surface area contributed by atoms with Gasteiger partial charge in [0.25, 0.3) is 0 Å². The number of hydrogen-bond donors (Lipinski definition) is 2. The Morgan fingerprint density at radius 3 is 2.73 bits per heavy atom. The van der Waals surface area contributed by atoms with Gasteiger partial charge in [-0.3, -0.25) is 0 Å². The van der Waals surface area contributed by atoms with Crippen LogP contribution < -0.4 is 5.32 Å². The molecule has 0 atom stereocenters. The van der Waals surface area contributed by atoms with E-state index in [0.717, 1.165) is 42.1 Å². The molecule has 0 aliphatic carbocycles. The molecule has 0 bridgehead atoms. The number of fused-ring (bicyclic) bond motifs is 1. The second-order valence-electron chi connectivity index (χ2n) is 5.68. The smallest absolute Gasteiger partial charge is 0.143 e. The Balaban J connectivity index is 1.71. The first-order valence-electron chi connectivity index (χ1n) is 7.47. The molecule has 5 heteroatoms. The lowest BCUT2D eigenvalue weighted by Gasteiger charge is -2.06. The molecular weight excluding hydrogens is 274 g/mol. The SMILES string of the molecule is CN(C)Cc1cc2c(NCCc3ccccc3)ncnc2[nH]1. The normalized spacial score (nSPS) is 11.2. The van der Waals surface area contributed by atoms with Crippen molar-refractivity contribution >= 4 is 16.9 Å². The molecule has 0 aliphatic heterocycles. The van der Waals surface area contributed by atoms with Crippen LogP contribution in [0.3, 0.4) is 0 Å². The largest absolute Gasteiger partial charge is 0.369 e. The first kappa shape index (κ1) is 14.5. The highest BCUT2D eigenvalue weighted by Gasteiger charge is 2.08. The Morgan fingerprint density at radius 2 is 1.95 bits per heavy atom. The van der Waals surface area contributed by atoms with Gasteiger partial charge in [0.15, 0.2) is 0 Å². The number of nitrogens with one attached hydrogen (secondary N) is 2. The van der Waals surface area contributed by atoms with Crippen LogP contribution in [0.4, 0.5) is 5.82 Å². The van der Waals surface area contributed by atoms with Crippen molar-refractivity contribution in [2.24, 2.45) is 0 Å². The lowest BCUT2D eigenvalue weighted by atomic mass is 10.1. The third kappa shape index (κ3) is 3.43. The van der Waals surface area contributed by atoms with Crippen molar-refractivity contribution in [1.82, 2.24) is 19.9 Å². The lowest BCUT2D eigenvalue weighted by molar-refractivity contribution is 0.398. The topological polar surface area (TPSA) is 56.8 Å². The van der Waals surface area contributed by atoms with Crippen molar-refractivity contribution in [2.75, 3.05) is 26.0 Å². The van der Waals surface area contributed by atoms with E-state index in [4.69, 9.17) is 0 Å². The molecule has 1 aromatic carbocycles. The van der Waals surface area contributed by atoms with Gasteiger partial charge in [-0.2, -0.15) is 0 Å². The van der Waals surface area contributed by atoms with Crippen molar-refractivity contribution in [1.29, 1.82) is 0 Å². The molecule has 114 valence electrons. The first-order valence-corrected chi connectivity index (χ1v) is 7.47. The van der Waals surface area contributed by atoms with Crippen molar-refractivity contribution in [3.05, 3.63) is 54.0 Å². The summed E-state index contributed by atoms with van der Waals surface area (Å²) >= 11 is 0. The zero-order valence-electron chi connectivity index (χ0n) is 13.0. The van der Waals surface area contributed by atoms with Gasteiger partial charge in [-0.15, -0.1) is 0 Å². The molecule has 2 N–H and O–H groups in total. The van der Waals surface area contributed by atoms with Gasteiger partial charge < -0.3 is 15.2 Å². The fourth-order valence-corrected chi connectivity index (χ4v) is 2.53. The lowest BCUT2D eigenvalue weighted by Crippen LogP contribution is -2.10. The molecule has 0 amide bonds. The predicted molar refractivity (Wildman–Crippen MR) is 89.9 cm³/mol. The third-order valence-electron chi connectivity index (χ3n) is 3.52. The monoisotopic (exact) mass is 295 g/mol. The van der Waals surface area contributed by atoms with E-state index in [2.05, 4.69) is 69.6 Å². The number of aromatic nitrogens is 3. The summed E-state index contributed by atoms with van der Waals surface area (Å²) in [6.07, 6.45) is 2.57. The van der Waals surface area contributed by atoms with E-state index in [-0.39, 0.29) is 0 Å². The average Bonchev–Trinajstić information content (AvgIpc) is 2.90. The van der Waals surface area contributed by atoms with Crippen LogP contribution in [0.15, 0.2) is 42.7 Å². The molecule has 0 saturated heterocycles. The molecule has 2 aromatic heterocycles. The van der Waals surface area contributed by atoms with Crippen LogP contribution in [0.25, 0.3) is 11.0 Å². The van der Waals surface area contributed by atoms with Crippen molar-refractivity contribution in [3.63, 3.8) is 0 Å². The van der Waals surface area contributed by atoms with Crippen molar-refractivity contribution in [3.8, 4) is 0 Å². The highest BCUT2D eigenvalue weighted by atomic mass is 15.1. The quantitative estimate of drug-likeness (QED) is 0.734. The number of rotatable bonds is 6. The maximum absolute atomic E-state index is 4.37. The molecule has 0 fully saturated rings. The molecule has 3 aromatic rings. The van der Waals surface area contributed by atoms with Crippen LogP contribution in [-0.4, -0.2) is 40.5 Å². The summed E-state index contributed by atoms with van der Waals surface area (Å²) in [4.78, 5) is 14.2. The Labute approximate surface area is 130 Å². The van der Waals surface area contributed by atoms with E-state index in [1.54, 1.807) is 6.33 Å². The highest BCUT2D eigenvalue weighted by molar-refractivity contribution is 5.87. The van der Waals surface area contributed by atoms with Crippen LogP contribution in [0.1, 0.15) is 11.3 Å². The Bertz CT molecular complexity index is 733. The number of hydrogen-bond acceptors (Lipinski definition) is 4. The zero-order chi connectivity index (χ0) is 15.4. The van der Waals surface area contributed by atoms with Gasteiger partial charge in [0.1, 0.15) is 17.8 Å². The van der Waals surface area contributed by atoms with Crippen LogP contribution >= 0.6 is 0 Å². The number of H-pyrrole nitrogens is 1. The molecule has 3 rings (SSSR count). The van der Waals surface area contributed by atoms with E-state index < -0.39 is 0 Å². The summed E-state index contributed by atoms with van der Waals surface area (Å²) in [7, 11) is 4.10. The second kappa shape index (κ2) is 6.58. The second-order valence-corrected chi connectivity index (χ2v) is 5.68. The van der Waals surface area contributed by atoms with Gasteiger partial charge in [0.05, 0.1) is 5.39 Å². The standard InChI is InChI=1S/C17H21N5/c1-22(2)11-14-10-15-16(19-12-20-17(15)21-14)18-9-8-13-6-4-3-5-7-13/h3-7,10,12H,8-9,11H2,1-2H3,(H2,18,19,20,21). The summed E-state index contributed by atoms with van der Waals surface area (Å²) < 4.78 is 0. The minimum absolute atomic E-state index is 0.852. The maximum Gasteiger partial charge on any atom is 0.143 e. The van der Waals surface area contributed by atoms with Crippen LogP contribution in [-0.2, 0) is 13.0 Å². The van der Waals surface area contributed by atoms with E-state index in [0.29, 0.717) is 0 Å². The van der Waals surface area contributed by atoms with Crippen LogP contribution in [0.2, 0.25) is 0 Å². The third-order valence-corrected chi connectivity index (χ3v) is 3.52. The van der Waals surface area contributed by atoms with Crippen LogP contribution in [0, 0.1) is 0 Å². The van der Waals surface area contributed by atoms with E-state index in [1.807, 2.05) is 6.07 Å². The molecular formula is C17H21N5. The van der Waals surface area contributed by atoms with Gasteiger partial charge in [-0.25, -0.2) is 9.97 Å². The molecule has 0 saturated carbocycles. The Kier molecular flexibility index (Phi) is 4.34. The number of nitrogens with zero attached hydrogens (tertiary/aromatic N) is 3. The summed E-state index contributed by atoms with van der Waals surface area (Å²) in [5.74, 6) is 0.891. The molecule has 0 unspecified atom stereocenters. The zero-order valence-corrected chi connectivity index (χ0v) is 13.0. The van der Waals surface area contributed by atoms with Gasteiger partial charge in [0.2, 0.25) is 0 Å². The summed E-state index contributed by atoms with van der Waals surface area (Å²) in [6.45, 7) is 1.71. The predicted octanol–water partition coefficient (Wildman–Crippen LogP) is 2.67. The van der Waals surface area contributed by atoms with Gasteiger partial charge >= 0.3 is 0 Å². The van der Waals surface area contributed by atoms with E-state index in [1.165, 1.54) is 5.56 Å². The fraction of sp³-hybridized carbons (Fsp3) is 0.294. The van der Waals surface area contributed by atoms with Gasteiger partial charge in [0, 0.05) is 18.8 Å². The summed E-state index contributed by atoms with van der Waals surface area (Å²) in [5, 5.41) is 4.47.